The Labute approximate surface area is 118 Å². The van der Waals surface area contributed by atoms with Crippen molar-refractivity contribution in [1.82, 2.24) is 0 Å². The van der Waals surface area contributed by atoms with Gasteiger partial charge in [-0.15, -0.1) is 0 Å². The SMILES string of the molecule is CN(CCCCCN)c1ccc(S(=O)(=O)C(F)F)cc1. The van der Waals surface area contributed by atoms with Crippen LogP contribution in [0.25, 0.3) is 0 Å². The van der Waals surface area contributed by atoms with Gasteiger partial charge in [0.2, 0.25) is 9.84 Å². The van der Waals surface area contributed by atoms with Crippen molar-refractivity contribution in [3.8, 4) is 0 Å². The molecule has 0 fully saturated rings. The molecule has 0 aromatic heterocycles. The Morgan fingerprint density at radius 2 is 1.75 bits per heavy atom. The van der Waals surface area contributed by atoms with Crippen LogP contribution in [0.3, 0.4) is 0 Å². The largest absolute Gasteiger partial charge is 0.375 e. The lowest BCUT2D eigenvalue weighted by molar-refractivity contribution is 0.234. The highest BCUT2D eigenvalue weighted by molar-refractivity contribution is 7.91. The monoisotopic (exact) mass is 306 g/mol. The standard InChI is InChI=1S/C13H20F2N2O2S/c1-17(10-4-2-3-9-16)11-5-7-12(8-6-11)20(18,19)13(14)15/h5-8,13H,2-4,9-10,16H2,1H3. The number of rotatable bonds is 8. The van der Waals surface area contributed by atoms with Crippen LogP contribution in [0, 0.1) is 0 Å². The Hall–Kier alpha value is -1.21. The molecule has 0 saturated carbocycles. The van der Waals surface area contributed by atoms with Crippen molar-refractivity contribution in [3.05, 3.63) is 24.3 Å². The van der Waals surface area contributed by atoms with Crippen molar-refractivity contribution in [3.63, 3.8) is 0 Å². The van der Waals surface area contributed by atoms with E-state index in [2.05, 4.69) is 0 Å². The second-order valence-electron chi connectivity index (χ2n) is 4.57. The first-order chi connectivity index (χ1) is 9.39. The van der Waals surface area contributed by atoms with Crippen molar-refractivity contribution in [2.75, 3.05) is 25.0 Å². The molecular weight excluding hydrogens is 286 g/mol. The summed E-state index contributed by atoms with van der Waals surface area (Å²) >= 11 is 0. The van der Waals surface area contributed by atoms with Gasteiger partial charge in [0.25, 0.3) is 0 Å². The van der Waals surface area contributed by atoms with Crippen LogP contribution >= 0.6 is 0 Å². The summed E-state index contributed by atoms with van der Waals surface area (Å²) < 4.78 is 47.3. The number of hydrogen-bond acceptors (Lipinski definition) is 4. The lowest BCUT2D eigenvalue weighted by Crippen LogP contribution is -2.19. The van der Waals surface area contributed by atoms with E-state index in [4.69, 9.17) is 5.73 Å². The number of anilines is 1. The molecule has 0 aliphatic carbocycles. The molecule has 20 heavy (non-hydrogen) atoms. The Kier molecular flexibility index (Phi) is 6.35. The number of sulfone groups is 1. The minimum Gasteiger partial charge on any atom is -0.375 e. The van der Waals surface area contributed by atoms with Crippen LogP contribution in [-0.4, -0.2) is 34.3 Å². The van der Waals surface area contributed by atoms with Crippen LogP contribution in [0.4, 0.5) is 14.5 Å². The zero-order chi connectivity index (χ0) is 15.2. The number of halogens is 2. The van der Waals surface area contributed by atoms with E-state index in [9.17, 15) is 17.2 Å². The number of nitrogens with zero attached hydrogens (tertiary/aromatic N) is 1. The smallest absolute Gasteiger partial charge is 0.341 e. The average Bonchev–Trinajstić information content (AvgIpc) is 2.43. The maximum absolute atomic E-state index is 12.4. The van der Waals surface area contributed by atoms with Crippen molar-refractivity contribution in [2.24, 2.45) is 5.73 Å². The van der Waals surface area contributed by atoms with E-state index in [0.29, 0.717) is 6.54 Å². The third-order valence-corrected chi connectivity index (χ3v) is 4.44. The molecule has 0 atom stereocenters. The van der Waals surface area contributed by atoms with E-state index in [-0.39, 0.29) is 4.90 Å². The molecule has 114 valence electrons. The van der Waals surface area contributed by atoms with Crippen molar-refractivity contribution >= 4 is 15.5 Å². The summed E-state index contributed by atoms with van der Waals surface area (Å²) in [7, 11) is -2.64. The summed E-state index contributed by atoms with van der Waals surface area (Å²) in [5.74, 6) is -3.39. The number of alkyl halides is 2. The predicted octanol–water partition coefficient (Wildman–Crippen LogP) is 2.25. The molecule has 0 amide bonds. The maximum Gasteiger partial charge on any atom is 0.341 e. The number of hydrogen-bond donors (Lipinski definition) is 1. The maximum atomic E-state index is 12.4. The van der Waals surface area contributed by atoms with Crippen molar-refractivity contribution in [1.29, 1.82) is 0 Å². The Balaban J connectivity index is 2.67. The fraction of sp³-hybridized carbons (Fsp3) is 0.538. The molecule has 1 aromatic carbocycles. The van der Waals surface area contributed by atoms with Gasteiger partial charge in [-0.2, -0.15) is 8.78 Å². The summed E-state index contributed by atoms with van der Waals surface area (Å²) in [5.41, 5.74) is 6.20. The van der Waals surface area contributed by atoms with Crippen molar-refractivity contribution < 1.29 is 17.2 Å². The lowest BCUT2D eigenvalue weighted by Gasteiger charge is -2.19. The molecule has 0 spiro atoms. The summed E-state index contributed by atoms with van der Waals surface area (Å²) in [4.78, 5) is 1.60. The lowest BCUT2D eigenvalue weighted by atomic mass is 10.2. The van der Waals surface area contributed by atoms with Gasteiger partial charge in [0.05, 0.1) is 4.90 Å². The minimum absolute atomic E-state index is 0.354. The van der Waals surface area contributed by atoms with Gasteiger partial charge in [-0.1, -0.05) is 6.42 Å². The van der Waals surface area contributed by atoms with Crippen LogP contribution in [0.2, 0.25) is 0 Å². The highest BCUT2D eigenvalue weighted by atomic mass is 32.2. The first kappa shape index (κ1) is 16.8. The highest BCUT2D eigenvalue weighted by Gasteiger charge is 2.26. The van der Waals surface area contributed by atoms with Gasteiger partial charge < -0.3 is 10.6 Å². The first-order valence-corrected chi connectivity index (χ1v) is 7.97. The molecule has 0 unspecified atom stereocenters. The Morgan fingerprint density at radius 1 is 1.15 bits per heavy atom. The topological polar surface area (TPSA) is 63.4 Å². The molecule has 7 heteroatoms. The van der Waals surface area contributed by atoms with Crippen LogP contribution in [0.1, 0.15) is 19.3 Å². The van der Waals surface area contributed by atoms with Gasteiger partial charge in [0, 0.05) is 19.3 Å². The van der Waals surface area contributed by atoms with E-state index in [1.807, 2.05) is 11.9 Å². The van der Waals surface area contributed by atoms with Crippen LogP contribution in [-0.2, 0) is 9.84 Å². The molecule has 1 rings (SSSR count). The van der Waals surface area contributed by atoms with Gasteiger partial charge in [0.1, 0.15) is 0 Å². The van der Waals surface area contributed by atoms with Crippen molar-refractivity contribution in [2.45, 2.75) is 29.9 Å². The van der Waals surface area contributed by atoms with Gasteiger partial charge in [-0.25, -0.2) is 8.42 Å². The highest BCUT2D eigenvalue weighted by Crippen LogP contribution is 2.21. The molecule has 2 N–H and O–H groups in total. The van der Waals surface area contributed by atoms with E-state index in [1.165, 1.54) is 24.3 Å². The van der Waals surface area contributed by atoms with Gasteiger partial charge in [-0.05, 0) is 43.7 Å². The van der Waals surface area contributed by atoms with Gasteiger partial charge in [0.15, 0.2) is 0 Å². The molecular formula is C13H20F2N2O2S. The Bertz CT molecular complexity index is 504. The third kappa shape index (κ3) is 4.42. The number of nitrogens with two attached hydrogens (primary N) is 1. The zero-order valence-corrected chi connectivity index (χ0v) is 12.2. The zero-order valence-electron chi connectivity index (χ0n) is 11.4. The molecule has 1 aromatic rings. The summed E-state index contributed by atoms with van der Waals surface area (Å²) in [6.07, 6.45) is 2.98. The van der Waals surface area contributed by atoms with E-state index < -0.39 is 15.6 Å². The molecule has 0 saturated heterocycles. The fourth-order valence-electron chi connectivity index (χ4n) is 1.79. The molecule has 4 nitrogen and oxygen atoms in total. The fourth-order valence-corrected chi connectivity index (χ4v) is 2.51. The first-order valence-electron chi connectivity index (χ1n) is 6.43. The summed E-state index contributed by atoms with van der Waals surface area (Å²) in [6.45, 7) is 1.48. The average molecular weight is 306 g/mol. The predicted molar refractivity (Wildman–Crippen MR) is 75.8 cm³/mol. The van der Waals surface area contributed by atoms with Crippen LogP contribution in [0.5, 0.6) is 0 Å². The second kappa shape index (κ2) is 7.54. The number of benzene rings is 1. The Morgan fingerprint density at radius 3 is 2.25 bits per heavy atom. The van der Waals surface area contributed by atoms with E-state index >= 15 is 0 Å². The molecule has 0 aliphatic heterocycles. The van der Waals surface area contributed by atoms with Gasteiger partial charge in [-0.3, -0.25) is 0 Å². The van der Waals surface area contributed by atoms with E-state index in [1.54, 1.807) is 0 Å². The van der Waals surface area contributed by atoms with Gasteiger partial charge >= 0.3 is 5.76 Å². The quantitative estimate of drug-likeness (QED) is 0.748. The molecule has 0 bridgehead atoms. The summed E-state index contributed by atoms with van der Waals surface area (Å²) in [6, 6.07) is 5.51. The normalized spacial score (nSPS) is 11.8. The number of unbranched alkanes of at least 4 members (excludes halogenated alkanes) is 2. The van der Waals surface area contributed by atoms with Crippen LogP contribution in [0.15, 0.2) is 29.2 Å². The summed E-state index contributed by atoms with van der Waals surface area (Å²) in [5, 5.41) is 0. The third-order valence-electron chi connectivity index (χ3n) is 3.04. The second-order valence-corrected chi connectivity index (χ2v) is 6.49. The molecule has 0 heterocycles. The van der Waals surface area contributed by atoms with Crippen LogP contribution < -0.4 is 10.6 Å². The molecule has 0 radical (unpaired) electrons. The minimum atomic E-state index is -4.51. The molecule has 0 aliphatic rings. The van der Waals surface area contributed by atoms with E-state index in [0.717, 1.165) is 31.5 Å².